The van der Waals surface area contributed by atoms with E-state index in [1.54, 1.807) is 0 Å². The van der Waals surface area contributed by atoms with Crippen LogP contribution >= 0.6 is 0 Å². The summed E-state index contributed by atoms with van der Waals surface area (Å²) < 4.78 is 102. The molecule has 0 aliphatic rings. The Morgan fingerprint density at radius 3 is 0.353 bits per heavy atom. The van der Waals surface area contributed by atoms with Crippen molar-refractivity contribution in [2.75, 3.05) is 0 Å². The molecular weight excluding hydrogens is 519 g/mol. The molecule has 0 aliphatic heterocycles. The molecule has 2 N–H and O–H groups in total. The Morgan fingerprint density at radius 1 is 0.353 bits per heavy atom. The van der Waals surface area contributed by atoms with Gasteiger partial charge < -0.3 is 5.48 Å². The Labute approximate surface area is 119 Å². The molecule has 0 atom stereocenters. The monoisotopic (exact) mass is 520 g/mol. The molecule has 0 aromatic rings. The third kappa shape index (κ3) is 2490. The summed E-state index contributed by atoms with van der Waals surface area (Å²) in [5.74, 6) is 0. The van der Waals surface area contributed by atoms with Crippen LogP contribution in [0.15, 0.2) is 0 Å². The van der Waals surface area contributed by atoms with Crippen LogP contribution in [0.5, 0.6) is 0 Å². The quantitative estimate of drug-likeness (QED) is 0.268. The number of hydrogen-bond acceptors (Lipinski definition) is 12. The Kier molecular flexibility index (Phi) is 22.4. The normalized spacial score (nSPS) is 10.6. The molecule has 0 rings (SSSR count). The predicted molar refractivity (Wildman–Crippen MR) is 9.37 cm³/mol. The first kappa shape index (κ1) is 30.9. The van der Waals surface area contributed by atoms with E-state index in [2.05, 4.69) is 0 Å². The van der Waals surface area contributed by atoms with E-state index in [1.165, 1.54) is 0 Å². The predicted octanol–water partition coefficient (Wildman–Crippen LogP) is -15.5. The van der Waals surface area contributed by atoms with Gasteiger partial charge in [0.15, 0.2) is 0 Å². The molecule has 0 heterocycles. The summed E-state index contributed by atoms with van der Waals surface area (Å²) in [6, 6.07) is 0. The van der Waals surface area contributed by atoms with E-state index in [0.717, 1.165) is 0 Å². The molecule has 0 aromatic carbocycles. The molecular formula is H2Cl3O13Tl. The second-order valence-corrected chi connectivity index (χ2v) is 3.40. The Bertz CT molecular complexity index is 91.7. The zero-order valence-electron chi connectivity index (χ0n) is 7.11. The van der Waals surface area contributed by atoms with Crippen molar-refractivity contribution in [1.82, 2.24) is 0 Å². The van der Waals surface area contributed by atoms with Crippen LogP contribution in [0.1, 0.15) is 0 Å². The van der Waals surface area contributed by atoms with E-state index in [9.17, 15) is 0 Å². The summed E-state index contributed by atoms with van der Waals surface area (Å²) >= 11 is 0. The van der Waals surface area contributed by atoms with Crippen LogP contribution in [0, 0.1) is 30.7 Å². The molecule has 0 saturated heterocycles. The number of rotatable bonds is 0. The summed E-state index contributed by atoms with van der Waals surface area (Å²) in [4.78, 5) is 0. The largest absolute Gasteiger partial charge is 3.00 e. The van der Waals surface area contributed by atoms with Gasteiger partial charge in [-0.3, -0.25) is 0 Å². The molecule has 0 aromatic heterocycles. The van der Waals surface area contributed by atoms with Crippen molar-refractivity contribution in [3.8, 4) is 0 Å². The van der Waals surface area contributed by atoms with Gasteiger partial charge in [0.25, 0.3) is 0 Å². The first-order valence-corrected chi connectivity index (χ1v) is 5.55. The van der Waals surface area contributed by atoms with Crippen molar-refractivity contribution >= 4 is 27.3 Å². The second-order valence-electron chi connectivity index (χ2n) is 1.13. The van der Waals surface area contributed by atoms with Gasteiger partial charge in [-0.15, -0.1) is 30.7 Å². The molecule has 0 fully saturated rings. The van der Waals surface area contributed by atoms with Crippen LogP contribution < -0.4 is 55.9 Å². The Balaban J connectivity index is -0.0000000400. The fourth-order valence-corrected chi connectivity index (χ4v) is 0. The minimum Gasteiger partial charge on any atom is -0.412 e. The molecule has 0 amide bonds. The molecule has 0 radical (unpaired) electrons. The SMILES string of the molecule is O.[O-][Cl+3]([O-])([O-])[O-].[O-][Cl+3]([O-])([O-])[O-].[O-][Cl+3]([O-])([O-])[O-].[Tl+3]. The first-order chi connectivity index (χ1) is 6.00. The van der Waals surface area contributed by atoms with Crippen LogP contribution in [0.3, 0.4) is 0 Å². The standard InChI is InChI=1S/3ClHO4.H2O.Tl/c3*2-1(3,4)5;;/h3*(H,2,3,4,5);1H2;/q;;;;+3/p-3. The average Bonchev–Trinajstić information content (AvgIpc) is 1.41. The maximum absolute atomic E-state index is 8.49. The Morgan fingerprint density at radius 2 is 0.353 bits per heavy atom. The van der Waals surface area contributed by atoms with E-state index in [1.807, 2.05) is 0 Å². The van der Waals surface area contributed by atoms with Gasteiger partial charge in [-0.05, 0) is 0 Å². The maximum Gasteiger partial charge on any atom is 3.00 e. The zero-order valence-corrected chi connectivity index (χ0v) is 13.9. The summed E-state index contributed by atoms with van der Waals surface area (Å²) in [6.07, 6.45) is 0. The van der Waals surface area contributed by atoms with Gasteiger partial charge in [0.2, 0.25) is 0 Å². The topological polar surface area (TPSA) is 308 Å². The van der Waals surface area contributed by atoms with E-state index in [0.29, 0.717) is 0 Å². The van der Waals surface area contributed by atoms with Crippen molar-refractivity contribution < 1.29 is 92.1 Å². The van der Waals surface area contributed by atoms with E-state index < -0.39 is 30.7 Å². The van der Waals surface area contributed by atoms with Gasteiger partial charge in [-0.1, -0.05) is 0 Å². The summed E-state index contributed by atoms with van der Waals surface area (Å²) in [5, 5.41) is 0. The summed E-state index contributed by atoms with van der Waals surface area (Å²) in [7, 11) is -14.8. The van der Waals surface area contributed by atoms with Gasteiger partial charge in [-0.25, -0.2) is 55.9 Å². The number of hydrogen-bond donors (Lipinski definition) is 0. The summed E-state index contributed by atoms with van der Waals surface area (Å²) in [6.45, 7) is 0. The second kappa shape index (κ2) is 12.3. The van der Waals surface area contributed by atoms with Crippen molar-refractivity contribution in [2.24, 2.45) is 0 Å². The smallest absolute Gasteiger partial charge is 0.412 e. The minimum atomic E-state index is -4.94. The molecule has 13 nitrogen and oxygen atoms in total. The third-order valence-electron chi connectivity index (χ3n) is 0. The van der Waals surface area contributed by atoms with Gasteiger partial charge in [-0.2, -0.15) is 0 Å². The first-order valence-electron chi connectivity index (χ1n) is 1.85. The van der Waals surface area contributed by atoms with Crippen LogP contribution in [-0.2, 0) is 0 Å². The van der Waals surface area contributed by atoms with Gasteiger partial charge in [0, 0.05) is 0 Å². The molecule has 0 unspecified atom stereocenters. The van der Waals surface area contributed by atoms with Crippen molar-refractivity contribution in [1.29, 1.82) is 0 Å². The van der Waals surface area contributed by atoms with Crippen molar-refractivity contribution in [3.63, 3.8) is 0 Å². The molecule has 0 saturated carbocycles. The van der Waals surface area contributed by atoms with Crippen LogP contribution in [0.25, 0.3) is 0 Å². The van der Waals surface area contributed by atoms with Gasteiger partial charge in [0.1, 0.15) is 0 Å². The van der Waals surface area contributed by atoms with Gasteiger partial charge >= 0.3 is 27.3 Å². The van der Waals surface area contributed by atoms with Crippen molar-refractivity contribution in [3.05, 3.63) is 0 Å². The van der Waals surface area contributed by atoms with Crippen LogP contribution in [-0.4, -0.2) is 32.8 Å². The molecule has 17 heavy (non-hydrogen) atoms. The summed E-state index contributed by atoms with van der Waals surface area (Å²) in [5.41, 5.74) is 0. The third-order valence-corrected chi connectivity index (χ3v) is 0. The van der Waals surface area contributed by atoms with Crippen molar-refractivity contribution in [2.45, 2.75) is 0 Å². The van der Waals surface area contributed by atoms with E-state index >= 15 is 0 Å². The zero-order chi connectivity index (χ0) is 13.5. The molecule has 0 bridgehead atoms. The molecule has 104 valence electrons. The average molecular weight is 521 g/mol. The molecule has 0 aliphatic carbocycles. The fraction of sp³-hybridized carbons (Fsp3) is 0. The Hall–Kier alpha value is 1.27. The molecule has 17 heteroatoms. The van der Waals surface area contributed by atoms with E-state index in [-0.39, 0.29) is 32.8 Å². The van der Waals surface area contributed by atoms with Gasteiger partial charge in [0.05, 0.1) is 0 Å². The minimum absolute atomic E-state index is 0. The fourth-order valence-electron chi connectivity index (χ4n) is 0. The van der Waals surface area contributed by atoms with E-state index in [4.69, 9.17) is 55.9 Å². The number of halogens is 3. The van der Waals surface area contributed by atoms with Crippen LogP contribution in [0.4, 0.5) is 0 Å². The molecule has 0 spiro atoms. The van der Waals surface area contributed by atoms with Crippen LogP contribution in [0.2, 0.25) is 0 Å². The maximum atomic E-state index is 8.49.